The predicted molar refractivity (Wildman–Crippen MR) is 139 cm³/mol. The Bertz CT molecular complexity index is 1400. The van der Waals surface area contributed by atoms with Gasteiger partial charge in [-0.3, -0.25) is 9.59 Å². The molecular weight excluding hydrogens is 452 g/mol. The number of hydrogen-bond donors (Lipinski definition) is 1. The zero-order chi connectivity index (χ0) is 25.2. The first-order valence-corrected chi connectivity index (χ1v) is 12.5. The van der Waals surface area contributed by atoms with Gasteiger partial charge in [0.1, 0.15) is 5.82 Å². The van der Waals surface area contributed by atoms with Gasteiger partial charge >= 0.3 is 0 Å². The van der Waals surface area contributed by atoms with E-state index in [-0.39, 0.29) is 30.4 Å². The Hall–Kier alpha value is -3.71. The first-order valence-electron chi connectivity index (χ1n) is 12.5. The minimum Gasteiger partial charge on any atom is -0.376 e. The van der Waals surface area contributed by atoms with Gasteiger partial charge in [0, 0.05) is 35.7 Å². The van der Waals surface area contributed by atoms with Gasteiger partial charge in [-0.05, 0) is 63.9 Å². The number of fused-ring (bicyclic) bond motifs is 1. The summed E-state index contributed by atoms with van der Waals surface area (Å²) in [5.41, 5.74) is 4.99. The second-order valence-corrected chi connectivity index (χ2v) is 9.56. The quantitative estimate of drug-likeness (QED) is 0.357. The number of benzene rings is 2. The molecule has 0 radical (unpaired) electrons. The first kappa shape index (κ1) is 24.0. The molecule has 4 aromatic rings. The number of hydrogen-bond acceptors (Lipinski definition) is 4. The molecular formula is C29H32N4O3. The lowest BCUT2D eigenvalue weighted by atomic mass is 10.1. The predicted octanol–water partition coefficient (Wildman–Crippen LogP) is 5.01. The lowest BCUT2D eigenvalue weighted by Gasteiger charge is -2.17. The standard InChI is InChI=1S/C29H32N4O3/c1-19-16-24(21(3)32(19)17-23-12-9-15-36-23)27(34)18-33-26-14-8-7-13-25(26)31-28(33)20(2)30-29(35)22-10-5-4-6-11-22/h4-8,10-11,13-14,16,20,23H,9,12,15,17-18H2,1-3H3,(H,30,35). The number of amides is 1. The summed E-state index contributed by atoms with van der Waals surface area (Å²) in [7, 11) is 0. The summed E-state index contributed by atoms with van der Waals surface area (Å²) in [5.74, 6) is 0.500. The van der Waals surface area contributed by atoms with Crippen molar-refractivity contribution < 1.29 is 14.3 Å². The van der Waals surface area contributed by atoms with Gasteiger partial charge in [-0.15, -0.1) is 0 Å². The van der Waals surface area contributed by atoms with Gasteiger partial charge < -0.3 is 19.2 Å². The maximum atomic E-state index is 13.6. The van der Waals surface area contributed by atoms with Crippen LogP contribution in [0, 0.1) is 13.8 Å². The topological polar surface area (TPSA) is 78.2 Å². The summed E-state index contributed by atoms with van der Waals surface area (Å²) in [4.78, 5) is 31.2. The fraction of sp³-hybridized carbons (Fsp3) is 0.345. The van der Waals surface area contributed by atoms with E-state index in [0.717, 1.165) is 54.0 Å². The number of ether oxygens (including phenoxy) is 1. The molecule has 7 nitrogen and oxygen atoms in total. The smallest absolute Gasteiger partial charge is 0.251 e. The molecule has 1 aliphatic rings. The summed E-state index contributed by atoms with van der Waals surface area (Å²) in [6.45, 7) is 7.67. The van der Waals surface area contributed by atoms with Gasteiger partial charge in [-0.2, -0.15) is 0 Å². The van der Waals surface area contributed by atoms with Gasteiger partial charge in [-0.25, -0.2) is 4.98 Å². The van der Waals surface area contributed by atoms with Crippen molar-refractivity contribution in [2.24, 2.45) is 0 Å². The first-order chi connectivity index (χ1) is 17.4. The van der Waals surface area contributed by atoms with Crippen molar-refractivity contribution in [1.29, 1.82) is 0 Å². The maximum absolute atomic E-state index is 13.6. The molecule has 186 valence electrons. The minimum absolute atomic E-state index is 0.0210. The van der Waals surface area contributed by atoms with Crippen molar-refractivity contribution in [1.82, 2.24) is 19.4 Å². The summed E-state index contributed by atoms with van der Waals surface area (Å²) >= 11 is 0. The number of Topliss-reactive ketones (excluding diaryl/α,β-unsaturated/α-hetero) is 1. The number of aromatic nitrogens is 3. The molecule has 7 heteroatoms. The zero-order valence-electron chi connectivity index (χ0n) is 21.0. The molecule has 2 unspecified atom stereocenters. The molecule has 1 fully saturated rings. The summed E-state index contributed by atoms with van der Waals surface area (Å²) in [6.07, 6.45) is 2.35. The van der Waals surface area contributed by atoms with Crippen LogP contribution in [0.4, 0.5) is 0 Å². The highest BCUT2D eigenvalue weighted by Gasteiger charge is 2.24. The van der Waals surface area contributed by atoms with E-state index in [1.807, 2.05) is 73.9 Å². The van der Waals surface area contributed by atoms with Crippen molar-refractivity contribution in [3.8, 4) is 0 Å². The number of carbonyl (C=O) groups excluding carboxylic acids is 2. The molecule has 2 aromatic carbocycles. The van der Waals surface area contributed by atoms with E-state index >= 15 is 0 Å². The fourth-order valence-corrected chi connectivity index (χ4v) is 5.11. The normalized spacial score (nSPS) is 16.4. The molecule has 1 aliphatic heterocycles. The fourth-order valence-electron chi connectivity index (χ4n) is 5.11. The van der Waals surface area contributed by atoms with E-state index < -0.39 is 0 Å². The Morgan fingerprint density at radius 2 is 1.83 bits per heavy atom. The highest BCUT2D eigenvalue weighted by molar-refractivity contribution is 5.98. The second kappa shape index (κ2) is 10.1. The molecule has 1 N–H and O–H groups in total. The van der Waals surface area contributed by atoms with Gasteiger partial charge in [0.15, 0.2) is 5.78 Å². The van der Waals surface area contributed by atoms with E-state index in [1.165, 1.54) is 0 Å². The number of rotatable bonds is 8. The van der Waals surface area contributed by atoms with Crippen LogP contribution in [0.5, 0.6) is 0 Å². The number of carbonyl (C=O) groups is 2. The van der Waals surface area contributed by atoms with Crippen molar-refractivity contribution in [3.63, 3.8) is 0 Å². The van der Waals surface area contributed by atoms with Crippen LogP contribution < -0.4 is 5.32 Å². The van der Waals surface area contributed by atoms with Crippen molar-refractivity contribution in [2.45, 2.75) is 58.8 Å². The highest BCUT2D eigenvalue weighted by Crippen LogP contribution is 2.24. The largest absolute Gasteiger partial charge is 0.376 e. The summed E-state index contributed by atoms with van der Waals surface area (Å²) in [6, 6.07) is 18.5. The van der Waals surface area contributed by atoms with Gasteiger partial charge in [0.2, 0.25) is 0 Å². The highest BCUT2D eigenvalue weighted by atomic mass is 16.5. The molecule has 1 saturated heterocycles. The van der Waals surface area contributed by atoms with Crippen LogP contribution in [-0.4, -0.2) is 38.5 Å². The molecule has 2 atom stereocenters. The average Bonchev–Trinajstić information content (AvgIpc) is 3.60. The van der Waals surface area contributed by atoms with Crippen molar-refractivity contribution in [2.75, 3.05) is 6.61 Å². The minimum atomic E-state index is -0.384. The molecule has 3 heterocycles. The number of para-hydroxylation sites is 2. The van der Waals surface area contributed by atoms with Crippen LogP contribution in [0.2, 0.25) is 0 Å². The monoisotopic (exact) mass is 484 g/mol. The molecule has 0 aliphatic carbocycles. The van der Waals surface area contributed by atoms with Crippen molar-refractivity contribution in [3.05, 3.63) is 89.0 Å². The average molecular weight is 485 g/mol. The number of imidazole rings is 1. The molecule has 0 bridgehead atoms. The number of aryl methyl sites for hydroxylation is 1. The Balaban J connectivity index is 1.42. The second-order valence-electron chi connectivity index (χ2n) is 9.56. The zero-order valence-corrected chi connectivity index (χ0v) is 21.0. The Kier molecular flexibility index (Phi) is 6.74. The van der Waals surface area contributed by atoms with Crippen molar-refractivity contribution >= 4 is 22.7 Å². The van der Waals surface area contributed by atoms with E-state index in [0.29, 0.717) is 11.4 Å². The molecule has 36 heavy (non-hydrogen) atoms. The van der Waals surface area contributed by atoms with E-state index in [2.05, 4.69) is 9.88 Å². The summed E-state index contributed by atoms with van der Waals surface area (Å²) < 4.78 is 9.95. The summed E-state index contributed by atoms with van der Waals surface area (Å²) in [5, 5.41) is 3.04. The molecule has 1 amide bonds. The van der Waals surface area contributed by atoms with Crippen LogP contribution in [-0.2, 0) is 17.8 Å². The SMILES string of the molecule is Cc1cc(C(=O)Cn2c(C(C)NC(=O)c3ccccc3)nc3ccccc32)c(C)n1CC1CCCO1. The Morgan fingerprint density at radius 1 is 1.08 bits per heavy atom. The van der Waals surface area contributed by atoms with Crippen LogP contribution in [0.1, 0.15) is 63.7 Å². The maximum Gasteiger partial charge on any atom is 0.251 e. The van der Waals surface area contributed by atoms with Crippen LogP contribution in [0.15, 0.2) is 60.7 Å². The molecule has 2 aromatic heterocycles. The van der Waals surface area contributed by atoms with Gasteiger partial charge in [-0.1, -0.05) is 30.3 Å². The number of ketones is 1. The third-order valence-corrected chi connectivity index (χ3v) is 7.04. The van der Waals surface area contributed by atoms with E-state index in [4.69, 9.17) is 9.72 Å². The van der Waals surface area contributed by atoms with Crippen LogP contribution in [0.3, 0.4) is 0 Å². The lowest BCUT2D eigenvalue weighted by molar-refractivity contribution is 0.0936. The number of nitrogens with one attached hydrogen (secondary N) is 1. The molecule has 0 spiro atoms. The van der Waals surface area contributed by atoms with E-state index in [1.54, 1.807) is 12.1 Å². The van der Waals surface area contributed by atoms with Crippen LogP contribution >= 0.6 is 0 Å². The Labute approximate surface area is 211 Å². The van der Waals surface area contributed by atoms with Gasteiger partial charge in [0.25, 0.3) is 5.91 Å². The lowest BCUT2D eigenvalue weighted by Crippen LogP contribution is -2.29. The third kappa shape index (κ3) is 4.71. The molecule has 5 rings (SSSR count). The van der Waals surface area contributed by atoms with E-state index in [9.17, 15) is 9.59 Å². The molecule has 0 saturated carbocycles. The third-order valence-electron chi connectivity index (χ3n) is 7.04. The Morgan fingerprint density at radius 3 is 2.58 bits per heavy atom. The van der Waals surface area contributed by atoms with Crippen LogP contribution in [0.25, 0.3) is 11.0 Å². The van der Waals surface area contributed by atoms with Gasteiger partial charge in [0.05, 0.1) is 29.7 Å². The number of nitrogens with zero attached hydrogens (tertiary/aromatic N) is 3.